The van der Waals surface area contributed by atoms with Crippen LogP contribution in [0.25, 0.3) is 11.1 Å². The van der Waals surface area contributed by atoms with Crippen molar-refractivity contribution in [1.82, 2.24) is 0 Å². The summed E-state index contributed by atoms with van der Waals surface area (Å²) in [6, 6.07) is 11.7. The predicted octanol–water partition coefficient (Wildman–Crippen LogP) is 8.58. The first-order chi connectivity index (χ1) is 15.0. The van der Waals surface area contributed by atoms with Crippen molar-refractivity contribution in [2.45, 2.75) is 77.2 Å². The Hall–Kier alpha value is -1.97. The van der Waals surface area contributed by atoms with Crippen LogP contribution in [-0.4, -0.2) is 6.61 Å². The Balaban J connectivity index is 1.40. The van der Waals surface area contributed by atoms with Crippen molar-refractivity contribution in [3.63, 3.8) is 0 Å². The molecule has 0 radical (unpaired) electrons. The summed E-state index contributed by atoms with van der Waals surface area (Å²) in [5, 5.41) is 0. The molecule has 0 aliphatic heterocycles. The van der Waals surface area contributed by atoms with Crippen molar-refractivity contribution in [3.8, 4) is 16.9 Å². The number of halogens is 3. The number of unbranched alkanes of at least 4 members (excludes halogenated alkanes) is 1. The molecule has 0 spiro atoms. The fourth-order valence-electron chi connectivity index (χ4n) is 5.88. The molecule has 0 bridgehead atoms. The van der Waals surface area contributed by atoms with E-state index in [2.05, 4.69) is 17.7 Å². The molecule has 1 nitrogen and oxygen atoms in total. The van der Waals surface area contributed by atoms with Crippen LogP contribution in [-0.2, 0) is 0 Å². The minimum Gasteiger partial charge on any atom is -0.435 e. The molecule has 4 atom stereocenters. The number of alkyl halides is 2. The fraction of sp³-hybridized carbons (Fsp3) is 0.556. The standard InChI is InChI=1S/C27H33F3O/c1-2-3-4-18-5-6-21-16-22(8-7-20(21)15-18)23-11-14-25(26(28)17-23)19-9-12-24(13-10-19)31-27(29)30/h9-14,17-18,20-22,27H,2-8,15-16H2,1H3. The van der Waals surface area contributed by atoms with E-state index < -0.39 is 6.61 Å². The van der Waals surface area contributed by atoms with E-state index in [1.807, 2.05) is 6.07 Å². The highest BCUT2D eigenvalue weighted by atomic mass is 19.3. The lowest BCUT2D eigenvalue weighted by atomic mass is 9.63. The molecule has 2 aliphatic carbocycles. The van der Waals surface area contributed by atoms with Crippen molar-refractivity contribution in [3.05, 3.63) is 53.8 Å². The lowest BCUT2D eigenvalue weighted by Gasteiger charge is -2.42. The van der Waals surface area contributed by atoms with Gasteiger partial charge in [0, 0.05) is 5.56 Å². The Kier molecular flexibility index (Phi) is 7.24. The molecule has 0 saturated heterocycles. The van der Waals surface area contributed by atoms with Gasteiger partial charge < -0.3 is 4.74 Å². The molecule has 2 saturated carbocycles. The summed E-state index contributed by atoms with van der Waals surface area (Å²) in [5.74, 6) is 2.86. The third-order valence-corrected chi connectivity index (χ3v) is 7.54. The van der Waals surface area contributed by atoms with E-state index in [1.54, 1.807) is 18.2 Å². The van der Waals surface area contributed by atoms with Crippen LogP contribution >= 0.6 is 0 Å². The van der Waals surface area contributed by atoms with Crippen LogP contribution in [0.3, 0.4) is 0 Å². The van der Waals surface area contributed by atoms with Crippen molar-refractivity contribution in [2.24, 2.45) is 17.8 Å². The van der Waals surface area contributed by atoms with Crippen molar-refractivity contribution >= 4 is 0 Å². The van der Waals surface area contributed by atoms with Gasteiger partial charge in [0.2, 0.25) is 0 Å². The topological polar surface area (TPSA) is 9.23 Å². The van der Waals surface area contributed by atoms with E-state index in [0.29, 0.717) is 17.0 Å². The molecular formula is C27H33F3O. The highest BCUT2D eigenvalue weighted by Crippen LogP contribution is 2.48. The van der Waals surface area contributed by atoms with E-state index in [-0.39, 0.29) is 11.6 Å². The number of hydrogen-bond donors (Lipinski definition) is 0. The zero-order chi connectivity index (χ0) is 21.8. The second-order valence-corrected chi connectivity index (χ2v) is 9.49. The smallest absolute Gasteiger partial charge is 0.387 e. The molecule has 0 heterocycles. The van der Waals surface area contributed by atoms with Crippen molar-refractivity contribution < 1.29 is 17.9 Å². The zero-order valence-electron chi connectivity index (χ0n) is 18.3. The summed E-state index contributed by atoms with van der Waals surface area (Å²) in [5.41, 5.74) is 2.27. The summed E-state index contributed by atoms with van der Waals surface area (Å²) in [7, 11) is 0. The van der Waals surface area contributed by atoms with Crippen molar-refractivity contribution in [1.29, 1.82) is 0 Å². The molecule has 0 N–H and O–H groups in total. The Labute approximate surface area is 184 Å². The molecule has 2 aromatic rings. The molecule has 4 unspecified atom stereocenters. The average Bonchev–Trinajstić information content (AvgIpc) is 2.77. The molecule has 4 rings (SSSR count). The van der Waals surface area contributed by atoms with Crippen molar-refractivity contribution in [2.75, 3.05) is 0 Å². The summed E-state index contributed by atoms with van der Waals surface area (Å²) in [4.78, 5) is 0. The molecule has 2 aliphatic rings. The molecule has 2 fully saturated rings. The van der Waals surface area contributed by atoms with E-state index in [4.69, 9.17) is 0 Å². The van der Waals surface area contributed by atoms with Crippen LogP contribution in [0.1, 0.15) is 76.2 Å². The molecule has 0 amide bonds. The van der Waals surface area contributed by atoms with Gasteiger partial charge in [0.1, 0.15) is 11.6 Å². The number of hydrogen-bond acceptors (Lipinski definition) is 1. The van der Waals surface area contributed by atoms with E-state index in [0.717, 1.165) is 29.7 Å². The Morgan fingerprint density at radius 1 is 0.935 bits per heavy atom. The monoisotopic (exact) mass is 430 g/mol. The fourth-order valence-corrected chi connectivity index (χ4v) is 5.88. The van der Waals surface area contributed by atoms with Gasteiger partial charge in [0.15, 0.2) is 0 Å². The molecule has 168 valence electrons. The van der Waals surface area contributed by atoms with Gasteiger partial charge in [-0.1, -0.05) is 56.9 Å². The number of ether oxygens (including phenoxy) is 1. The predicted molar refractivity (Wildman–Crippen MR) is 119 cm³/mol. The molecule has 2 aromatic carbocycles. The third kappa shape index (κ3) is 5.45. The van der Waals surface area contributed by atoms with E-state index in [1.165, 1.54) is 63.5 Å². The highest BCUT2D eigenvalue weighted by molar-refractivity contribution is 5.65. The summed E-state index contributed by atoms with van der Waals surface area (Å²) >= 11 is 0. The minimum atomic E-state index is -2.86. The molecule has 4 heteroatoms. The van der Waals surface area contributed by atoms with Gasteiger partial charge in [-0.2, -0.15) is 8.78 Å². The quantitative estimate of drug-likeness (QED) is 0.427. The largest absolute Gasteiger partial charge is 0.435 e. The Bertz CT molecular complexity index is 848. The molecule has 0 aromatic heterocycles. The summed E-state index contributed by atoms with van der Waals surface area (Å²) < 4.78 is 44.0. The van der Waals surface area contributed by atoms with Crippen LogP contribution in [0, 0.1) is 23.6 Å². The van der Waals surface area contributed by atoms with Crippen LogP contribution in [0.5, 0.6) is 5.75 Å². The Morgan fingerprint density at radius 2 is 1.68 bits per heavy atom. The normalized spacial score (nSPS) is 26.0. The van der Waals surface area contributed by atoms with Gasteiger partial charge in [-0.3, -0.25) is 0 Å². The van der Waals surface area contributed by atoms with Crippen LogP contribution in [0.4, 0.5) is 13.2 Å². The van der Waals surface area contributed by atoms with Gasteiger partial charge in [0.25, 0.3) is 0 Å². The third-order valence-electron chi connectivity index (χ3n) is 7.54. The first kappa shape index (κ1) is 22.2. The summed E-state index contributed by atoms with van der Waals surface area (Å²) in [6.07, 6.45) is 11.8. The lowest BCUT2D eigenvalue weighted by molar-refractivity contribution is -0.0498. The number of rotatable bonds is 7. The van der Waals surface area contributed by atoms with Gasteiger partial charge in [-0.15, -0.1) is 0 Å². The zero-order valence-corrected chi connectivity index (χ0v) is 18.3. The maximum absolute atomic E-state index is 15.0. The second-order valence-electron chi connectivity index (χ2n) is 9.49. The maximum Gasteiger partial charge on any atom is 0.387 e. The minimum absolute atomic E-state index is 0.0805. The number of benzene rings is 2. The Morgan fingerprint density at radius 3 is 2.39 bits per heavy atom. The second kappa shape index (κ2) is 10.1. The number of fused-ring (bicyclic) bond motifs is 1. The van der Waals surface area contributed by atoms with Gasteiger partial charge in [-0.05, 0) is 85.1 Å². The SMILES string of the molecule is CCCCC1CCC2CC(c3ccc(-c4ccc(OC(F)F)cc4)c(F)c3)CCC2C1. The first-order valence-corrected chi connectivity index (χ1v) is 11.9. The first-order valence-electron chi connectivity index (χ1n) is 11.9. The van der Waals surface area contributed by atoms with Crippen LogP contribution in [0.15, 0.2) is 42.5 Å². The molecule has 31 heavy (non-hydrogen) atoms. The van der Waals surface area contributed by atoms with Gasteiger partial charge in [0.05, 0.1) is 0 Å². The van der Waals surface area contributed by atoms with Gasteiger partial charge >= 0.3 is 6.61 Å². The maximum atomic E-state index is 15.0. The van der Waals surface area contributed by atoms with Crippen LogP contribution in [0.2, 0.25) is 0 Å². The van der Waals surface area contributed by atoms with Crippen LogP contribution < -0.4 is 4.74 Å². The summed E-state index contributed by atoms with van der Waals surface area (Å²) in [6.45, 7) is -0.582. The highest BCUT2D eigenvalue weighted by Gasteiger charge is 2.35. The van der Waals surface area contributed by atoms with Gasteiger partial charge in [-0.25, -0.2) is 4.39 Å². The molecular weight excluding hydrogens is 397 g/mol. The lowest BCUT2D eigenvalue weighted by Crippen LogP contribution is -2.30. The van der Waals surface area contributed by atoms with E-state index >= 15 is 0 Å². The van der Waals surface area contributed by atoms with E-state index in [9.17, 15) is 13.2 Å². The average molecular weight is 431 g/mol.